The summed E-state index contributed by atoms with van der Waals surface area (Å²) in [5, 5.41) is 9.63. The Hall–Kier alpha value is -2.17. The molecule has 21 heavy (non-hydrogen) atoms. The second-order valence-corrected chi connectivity index (χ2v) is 4.90. The SMILES string of the molecule is C=C(C)CCC(C(=O)O)(C(=O)OCC)c1cccc(F)c1. The minimum atomic E-state index is -1.92. The third kappa shape index (κ3) is 3.68. The third-order valence-electron chi connectivity index (χ3n) is 3.23. The van der Waals surface area contributed by atoms with Crippen LogP contribution in [0.4, 0.5) is 4.39 Å². The number of carboxylic acid groups (broad SMARTS) is 1. The summed E-state index contributed by atoms with van der Waals surface area (Å²) in [6.07, 6.45) is 0.293. The number of carboxylic acids is 1. The first-order chi connectivity index (χ1) is 9.84. The van der Waals surface area contributed by atoms with Gasteiger partial charge >= 0.3 is 11.9 Å². The number of benzene rings is 1. The fourth-order valence-electron chi connectivity index (χ4n) is 2.09. The lowest BCUT2D eigenvalue weighted by atomic mass is 9.76. The quantitative estimate of drug-likeness (QED) is 0.477. The predicted molar refractivity (Wildman–Crippen MR) is 76.4 cm³/mol. The molecule has 114 valence electrons. The highest BCUT2D eigenvalue weighted by atomic mass is 19.1. The molecule has 0 saturated carbocycles. The van der Waals surface area contributed by atoms with Gasteiger partial charge in [-0.3, -0.25) is 9.59 Å². The molecule has 0 radical (unpaired) electrons. The molecule has 1 aromatic rings. The van der Waals surface area contributed by atoms with Crippen molar-refractivity contribution in [1.82, 2.24) is 0 Å². The maximum Gasteiger partial charge on any atom is 0.328 e. The first-order valence-electron chi connectivity index (χ1n) is 6.65. The summed E-state index contributed by atoms with van der Waals surface area (Å²) in [5.41, 5.74) is -1.10. The number of allylic oxidation sites excluding steroid dienone is 1. The van der Waals surface area contributed by atoms with Gasteiger partial charge < -0.3 is 9.84 Å². The molecule has 1 atom stereocenters. The number of hydrogen-bond donors (Lipinski definition) is 1. The van der Waals surface area contributed by atoms with Crippen molar-refractivity contribution in [2.24, 2.45) is 0 Å². The number of carbonyl (C=O) groups is 2. The van der Waals surface area contributed by atoms with Crippen LogP contribution in [0.3, 0.4) is 0 Å². The predicted octanol–water partition coefficient (Wildman–Crippen LogP) is 3.07. The van der Waals surface area contributed by atoms with Crippen molar-refractivity contribution >= 4 is 11.9 Å². The Morgan fingerprint density at radius 2 is 2.10 bits per heavy atom. The molecule has 1 unspecified atom stereocenters. The van der Waals surface area contributed by atoms with Crippen LogP contribution in [-0.2, 0) is 19.7 Å². The minimum absolute atomic E-state index is 0.0278. The molecule has 1 N–H and O–H groups in total. The molecule has 0 amide bonds. The number of hydrogen-bond acceptors (Lipinski definition) is 3. The zero-order chi connectivity index (χ0) is 16.0. The lowest BCUT2D eigenvalue weighted by molar-refractivity contribution is -0.162. The van der Waals surface area contributed by atoms with Gasteiger partial charge in [0.15, 0.2) is 5.41 Å². The van der Waals surface area contributed by atoms with Crippen LogP contribution >= 0.6 is 0 Å². The number of rotatable bonds is 7. The summed E-state index contributed by atoms with van der Waals surface area (Å²) in [6.45, 7) is 7.10. The van der Waals surface area contributed by atoms with Gasteiger partial charge in [0.25, 0.3) is 0 Å². The fraction of sp³-hybridized carbons (Fsp3) is 0.375. The smallest absolute Gasteiger partial charge is 0.328 e. The number of aliphatic carboxylic acids is 1. The highest BCUT2D eigenvalue weighted by molar-refractivity contribution is 6.05. The van der Waals surface area contributed by atoms with Gasteiger partial charge in [-0.05, 0) is 44.4 Å². The van der Waals surface area contributed by atoms with E-state index in [9.17, 15) is 19.1 Å². The lowest BCUT2D eigenvalue weighted by Gasteiger charge is -2.27. The molecule has 0 spiro atoms. The topological polar surface area (TPSA) is 63.6 Å². The molecule has 0 bridgehead atoms. The molecule has 0 aliphatic rings. The molecule has 0 saturated heterocycles. The van der Waals surface area contributed by atoms with E-state index in [1.807, 2.05) is 0 Å². The molecular weight excluding hydrogens is 275 g/mol. The lowest BCUT2D eigenvalue weighted by Crippen LogP contribution is -2.45. The highest BCUT2D eigenvalue weighted by Gasteiger charge is 2.49. The van der Waals surface area contributed by atoms with Crippen LogP contribution in [0.15, 0.2) is 36.4 Å². The Kier molecular flexibility index (Phi) is 5.64. The Balaban J connectivity index is 3.39. The molecule has 0 fully saturated rings. The maximum absolute atomic E-state index is 13.4. The van der Waals surface area contributed by atoms with E-state index in [1.165, 1.54) is 18.2 Å². The van der Waals surface area contributed by atoms with E-state index < -0.39 is 23.2 Å². The Morgan fingerprint density at radius 3 is 2.57 bits per heavy atom. The van der Waals surface area contributed by atoms with Crippen molar-refractivity contribution in [3.63, 3.8) is 0 Å². The Bertz CT molecular complexity index is 553. The molecule has 0 heterocycles. The van der Waals surface area contributed by atoms with E-state index in [1.54, 1.807) is 13.8 Å². The summed E-state index contributed by atoms with van der Waals surface area (Å²) >= 11 is 0. The van der Waals surface area contributed by atoms with Crippen LogP contribution in [0.1, 0.15) is 32.3 Å². The number of ether oxygens (including phenoxy) is 1. The van der Waals surface area contributed by atoms with E-state index in [2.05, 4.69) is 6.58 Å². The molecular formula is C16H19FO4. The monoisotopic (exact) mass is 294 g/mol. The van der Waals surface area contributed by atoms with Crippen LogP contribution in [0, 0.1) is 5.82 Å². The van der Waals surface area contributed by atoms with Gasteiger partial charge in [-0.2, -0.15) is 0 Å². The van der Waals surface area contributed by atoms with Crippen LogP contribution < -0.4 is 0 Å². The first kappa shape index (κ1) is 16.9. The van der Waals surface area contributed by atoms with Gasteiger partial charge in [-0.25, -0.2) is 4.39 Å². The fourth-order valence-corrected chi connectivity index (χ4v) is 2.09. The maximum atomic E-state index is 13.4. The van der Waals surface area contributed by atoms with Gasteiger partial charge in [-0.15, -0.1) is 6.58 Å². The number of halogens is 1. The van der Waals surface area contributed by atoms with Crippen LogP contribution in [0.5, 0.6) is 0 Å². The van der Waals surface area contributed by atoms with Gasteiger partial charge in [-0.1, -0.05) is 17.7 Å². The second kappa shape index (κ2) is 7.02. The van der Waals surface area contributed by atoms with Crippen LogP contribution in [-0.4, -0.2) is 23.7 Å². The molecule has 4 nitrogen and oxygen atoms in total. The van der Waals surface area contributed by atoms with Crippen molar-refractivity contribution < 1.29 is 23.8 Å². The largest absolute Gasteiger partial charge is 0.480 e. The summed E-state index contributed by atoms with van der Waals surface area (Å²) in [7, 11) is 0. The highest BCUT2D eigenvalue weighted by Crippen LogP contribution is 2.33. The van der Waals surface area contributed by atoms with Gasteiger partial charge in [0.2, 0.25) is 0 Å². The normalized spacial score (nSPS) is 13.3. The van der Waals surface area contributed by atoms with Gasteiger partial charge in [0.1, 0.15) is 5.82 Å². The van der Waals surface area contributed by atoms with Crippen LogP contribution in [0.25, 0.3) is 0 Å². The summed E-state index contributed by atoms with van der Waals surface area (Å²) < 4.78 is 18.4. The molecule has 0 aliphatic carbocycles. The third-order valence-corrected chi connectivity index (χ3v) is 3.23. The number of esters is 1. The second-order valence-electron chi connectivity index (χ2n) is 4.90. The van der Waals surface area contributed by atoms with Gasteiger partial charge in [0.05, 0.1) is 6.61 Å². The standard InChI is InChI=1S/C16H19FO4/c1-4-21-15(20)16(14(18)19,9-8-11(2)3)12-6-5-7-13(17)10-12/h5-7,10H,2,4,8-9H2,1,3H3,(H,18,19). The summed E-state index contributed by atoms with van der Waals surface area (Å²) in [4.78, 5) is 24.1. The van der Waals surface area contributed by atoms with E-state index in [-0.39, 0.29) is 18.6 Å². The van der Waals surface area contributed by atoms with E-state index >= 15 is 0 Å². The Labute approximate surface area is 123 Å². The molecule has 5 heteroatoms. The van der Waals surface area contributed by atoms with Crippen molar-refractivity contribution in [3.8, 4) is 0 Å². The molecule has 1 rings (SSSR count). The van der Waals surface area contributed by atoms with E-state index in [4.69, 9.17) is 4.74 Å². The average Bonchev–Trinajstić information content (AvgIpc) is 2.39. The summed E-state index contributed by atoms with van der Waals surface area (Å²) in [5.74, 6) is -2.84. The van der Waals surface area contributed by atoms with Crippen LogP contribution in [0.2, 0.25) is 0 Å². The van der Waals surface area contributed by atoms with E-state index in [0.717, 1.165) is 11.6 Å². The molecule has 0 aromatic heterocycles. The van der Waals surface area contributed by atoms with Gasteiger partial charge in [0, 0.05) is 0 Å². The Morgan fingerprint density at radius 1 is 1.43 bits per heavy atom. The van der Waals surface area contributed by atoms with Crippen molar-refractivity contribution in [2.45, 2.75) is 32.1 Å². The first-order valence-corrected chi connectivity index (χ1v) is 6.65. The van der Waals surface area contributed by atoms with Crippen molar-refractivity contribution in [1.29, 1.82) is 0 Å². The van der Waals surface area contributed by atoms with E-state index in [0.29, 0.717) is 6.42 Å². The summed E-state index contributed by atoms with van der Waals surface area (Å²) in [6, 6.07) is 5.05. The van der Waals surface area contributed by atoms with Crippen molar-refractivity contribution in [3.05, 3.63) is 47.8 Å². The zero-order valence-electron chi connectivity index (χ0n) is 12.2. The number of carbonyl (C=O) groups excluding carboxylic acids is 1. The average molecular weight is 294 g/mol. The molecule has 0 aliphatic heterocycles. The minimum Gasteiger partial charge on any atom is -0.480 e. The zero-order valence-corrected chi connectivity index (χ0v) is 12.2. The van der Waals surface area contributed by atoms with Crippen molar-refractivity contribution in [2.75, 3.05) is 6.61 Å². The molecule has 1 aromatic carbocycles.